The van der Waals surface area contributed by atoms with Gasteiger partial charge in [-0.1, -0.05) is 12.8 Å². The van der Waals surface area contributed by atoms with Crippen molar-refractivity contribution < 1.29 is 18.6 Å². The zero-order chi connectivity index (χ0) is 21.4. The van der Waals surface area contributed by atoms with Crippen LogP contribution in [-0.2, 0) is 18.6 Å². The Bertz CT molecular complexity index is 434. The Hall–Kier alpha value is -0.770. The van der Waals surface area contributed by atoms with Crippen molar-refractivity contribution in [1.82, 2.24) is 9.99 Å². The Morgan fingerprint density at radius 1 is 1.00 bits per heavy atom. The minimum Gasteiger partial charge on any atom is -0.462 e. The third-order valence-electron chi connectivity index (χ3n) is 3.74. The normalized spacial score (nSPS) is 12.8. The molecule has 0 aliphatic carbocycles. The molecule has 0 heterocycles. The maximum Gasteiger partial charge on any atom is 0.320 e. The largest absolute Gasteiger partial charge is 0.462 e. The van der Waals surface area contributed by atoms with Crippen molar-refractivity contribution >= 4 is 14.5 Å². The number of hydrogen-bond acceptors (Lipinski definition) is 6. The van der Waals surface area contributed by atoms with Crippen molar-refractivity contribution in [1.29, 1.82) is 0 Å². The average molecular weight is 418 g/mol. The highest BCUT2D eigenvalue weighted by atomic mass is 31.2. The van der Waals surface area contributed by atoms with Gasteiger partial charge < -0.3 is 23.9 Å². The third-order valence-corrected chi connectivity index (χ3v) is 5.85. The minimum atomic E-state index is -1.13. The van der Waals surface area contributed by atoms with Crippen LogP contribution in [0.5, 0.6) is 0 Å². The number of unbranched alkanes of at least 4 members (excludes halogenated alkanes) is 3. The van der Waals surface area contributed by atoms with Gasteiger partial charge in [-0.3, -0.25) is 4.79 Å². The number of carbonyl (C=O) groups excluding carboxylic acids is 1. The van der Waals surface area contributed by atoms with Crippen LogP contribution in [0, 0.1) is 6.57 Å². The predicted molar refractivity (Wildman–Crippen MR) is 115 cm³/mol. The van der Waals surface area contributed by atoms with E-state index in [1.54, 1.807) is 0 Å². The summed E-state index contributed by atoms with van der Waals surface area (Å²) in [6.07, 6.45) is 4.10. The molecule has 0 saturated heterocycles. The van der Waals surface area contributed by atoms with E-state index in [-0.39, 0.29) is 18.6 Å². The van der Waals surface area contributed by atoms with E-state index in [4.69, 9.17) is 20.4 Å². The van der Waals surface area contributed by atoms with Crippen LogP contribution in [0.3, 0.4) is 0 Å². The molecule has 0 saturated carbocycles. The lowest BCUT2D eigenvalue weighted by atomic mass is 10.2. The van der Waals surface area contributed by atoms with Crippen LogP contribution in [0.2, 0.25) is 0 Å². The number of nitrogens with zero attached hydrogens (tertiary/aromatic N) is 2. The molecule has 164 valence electrons. The van der Waals surface area contributed by atoms with E-state index < -0.39 is 8.53 Å². The van der Waals surface area contributed by atoms with Crippen LogP contribution in [0.4, 0.5) is 0 Å². The molecule has 0 radical (unpaired) electrons. The summed E-state index contributed by atoms with van der Waals surface area (Å²) in [4.78, 5) is 14.8. The molecular weight excluding hydrogens is 377 g/mol. The maximum absolute atomic E-state index is 11.4. The molecule has 1 atom stereocenters. The summed E-state index contributed by atoms with van der Waals surface area (Å²) >= 11 is 0. The summed E-state index contributed by atoms with van der Waals surface area (Å²) in [6, 6.07) is 0.653. The first-order chi connectivity index (χ1) is 13.3. The van der Waals surface area contributed by atoms with Crippen molar-refractivity contribution in [2.75, 3.05) is 32.8 Å². The molecule has 0 bridgehead atoms. The molecule has 0 aliphatic heterocycles. The van der Waals surface area contributed by atoms with Crippen LogP contribution in [0.15, 0.2) is 0 Å². The van der Waals surface area contributed by atoms with Crippen LogP contribution in [0.1, 0.15) is 67.2 Å². The van der Waals surface area contributed by atoms with E-state index in [1.807, 2.05) is 13.8 Å². The fourth-order valence-electron chi connectivity index (χ4n) is 2.65. The van der Waals surface area contributed by atoms with Crippen LogP contribution < -0.4 is 5.32 Å². The van der Waals surface area contributed by atoms with Gasteiger partial charge in [0.25, 0.3) is 8.53 Å². The summed E-state index contributed by atoms with van der Waals surface area (Å²) < 4.78 is 19.3. The van der Waals surface area contributed by atoms with Crippen molar-refractivity contribution in [2.45, 2.75) is 85.4 Å². The van der Waals surface area contributed by atoms with Crippen LogP contribution in [0.25, 0.3) is 4.85 Å². The molecule has 1 unspecified atom stereocenters. The minimum absolute atomic E-state index is 0.0626. The Morgan fingerprint density at radius 2 is 1.61 bits per heavy atom. The molecule has 0 amide bonds. The number of nitrogens with one attached hydrogen (secondary N) is 1. The van der Waals surface area contributed by atoms with Crippen LogP contribution in [-0.4, -0.2) is 61.7 Å². The highest BCUT2D eigenvalue weighted by Gasteiger charge is 2.27. The lowest BCUT2D eigenvalue weighted by Gasteiger charge is -2.35. The molecular formula is C20H40N3O4P. The first-order valence-corrected chi connectivity index (χ1v) is 11.5. The lowest BCUT2D eigenvalue weighted by Crippen LogP contribution is -2.33. The number of rotatable bonds is 17. The van der Waals surface area contributed by atoms with Crippen molar-refractivity contribution in [2.24, 2.45) is 0 Å². The molecule has 0 aromatic carbocycles. The smallest absolute Gasteiger partial charge is 0.320 e. The van der Waals surface area contributed by atoms with Gasteiger partial charge >= 0.3 is 5.97 Å². The third kappa shape index (κ3) is 14.3. The second-order valence-corrected chi connectivity index (χ2v) is 8.94. The molecule has 0 aromatic heterocycles. The van der Waals surface area contributed by atoms with Gasteiger partial charge in [-0.15, -0.1) is 0 Å². The molecule has 28 heavy (non-hydrogen) atoms. The van der Waals surface area contributed by atoms with Gasteiger partial charge in [-0.25, -0.2) is 11.2 Å². The first kappa shape index (κ1) is 27.2. The topological polar surface area (TPSA) is 64.4 Å². The van der Waals surface area contributed by atoms with E-state index in [1.165, 1.54) is 0 Å². The molecule has 0 rings (SSSR count). The van der Waals surface area contributed by atoms with E-state index in [9.17, 15) is 4.79 Å². The standard InChI is InChI=1S/C20H40N3O4P/c1-17(2)23(18(3)4)28(26-15-13-21-7)25-14-11-9-8-10-12-22-16-20(24)27-19(5)6/h17-19,22H,8-16H2,1-6H3. The molecule has 0 aliphatic rings. The average Bonchev–Trinajstić information content (AvgIpc) is 2.58. The summed E-state index contributed by atoms with van der Waals surface area (Å²) in [5, 5.41) is 3.11. The second kappa shape index (κ2) is 17.1. The molecule has 7 nitrogen and oxygen atoms in total. The van der Waals surface area contributed by atoms with E-state index >= 15 is 0 Å². The van der Waals surface area contributed by atoms with E-state index in [0.717, 1.165) is 32.2 Å². The highest BCUT2D eigenvalue weighted by molar-refractivity contribution is 7.44. The van der Waals surface area contributed by atoms with E-state index in [0.29, 0.717) is 31.8 Å². The van der Waals surface area contributed by atoms with Crippen LogP contribution >= 0.6 is 8.53 Å². The van der Waals surface area contributed by atoms with Crippen molar-refractivity contribution in [3.8, 4) is 0 Å². The highest BCUT2D eigenvalue weighted by Crippen LogP contribution is 2.45. The van der Waals surface area contributed by atoms with Gasteiger partial charge in [-0.2, -0.15) is 0 Å². The number of ether oxygens (including phenoxy) is 1. The summed E-state index contributed by atoms with van der Waals surface area (Å²) in [6.45, 7) is 21.7. The van der Waals surface area contributed by atoms with Gasteiger partial charge in [0.15, 0.2) is 0 Å². The Kier molecular flexibility index (Phi) is 16.6. The molecule has 8 heteroatoms. The van der Waals surface area contributed by atoms with Crippen molar-refractivity contribution in [3.63, 3.8) is 0 Å². The second-order valence-electron chi connectivity index (χ2n) is 7.48. The molecule has 0 fully saturated rings. The lowest BCUT2D eigenvalue weighted by molar-refractivity contribution is -0.146. The van der Waals surface area contributed by atoms with Gasteiger partial charge in [0.1, 0.15) is 6.61 Å². The number of carbonyl (C=O) groups is 1. The summed E-state index contributed by atoms with van der Waals surface area (Å²) in [7, 11) is -1.13. The van der Waals surface area contributed by atoms with E-state index in [2.05, 4.69) is 42.5 Å². The van der Waals surface area contributed by atoms with Gasteiger partial charge in [0.05, 0.1) is 19.3 Å². The fraction of sp³-hybridized carbons (Fsp3) is 0.900. The molecule has 1 N–H and O–H groups in total. The first-order valence-electron chi connectivity index (χ1n) is 10.4. The van der Waals surface area contributed by atoms with Gasteiger partial charge in [-0.05, 0) is 60.9 Å². The number of esters is 1. The monoisotopic (exact) mass is 417 g/mol. The van der Waals surface area contributed by atoms with Crippen molar-refractivity contribution in [3.05, 3.63) is 11.4 Å². The summed E-state index contributed by atoms with van der Waals surface area (Å²) in [5.74, 6) is -0.199. The number of hydrogen-bond donors (Lipinski definition) is 1. The maximum atomic E-state index is 11.4. The quantitative estimate of drug-likeness (QED) is 0.164. The Morgan fingerprint density at radius 3 is 2.18 bits per heavy atom. The zero-order valence-corrected chi connectivity index (χ0v) is 19.5. The summed E-state index contributed by atoms with van der Waals surface area (Å²) in [5.41, 5.74) is 0. The Balaban J connectivity index is 3.98. The van der Waals surface area contributed by atoms with Gasteiger partial charge in [0, 0.05) is 12.1 Å². The molecule has 0 aromatic rings. The fourth-order valence-corrected chi connectivity index (χ4v) is 4.27. The molecule has 0 spiro atoms. The predicted octanol–water partition coefficient (Wildman–Crippen LogP) is 4.39. The zero-order valence-electron chi connectivity index (χ0n) is 18.6. The SMILES string of the molecule is [C-]#[N+]CCOP(OCCCCCCNCC(=O)OC(C)C)N(C(C)C)C(C)C. The Labute approximate surface area is 173 Å². The van der Waals surface area contributed by atoms with Gasteiger partial charge in [0.2, 0.25) is 6.54 Å².